The molecule has 0 radical (unpaired) electrons. The van der Waals surface area contributed by atoms with Crippen LogP contribution in [0.3, 0.4) is 0 Å². The van der Waals surface area contributed by atoms with E-state index in [1.807, 2.05) is 0 Å². The van der Waals surface area contributed by atoms with E-state index in [1.54, 1.807) is 20.0 Å². The highest BCUT2D eigenvalue weighted by Crippen LogP contribution is 2.13. The summed E-state index contributed by atoms with van der Waals surface area (Å²) >= 11 is 0. The Balaban J connectivity index is 2.56. The normalized spacial score (nSPS) is 13.5. The molecule has 0 aliphatic rings. The number of hydrogen-bond acceptors (Lipinski definition) is 3. The Hall–Kier alpha value is -1.17. The number of hydrogen-bond donors (Lipinski definition) is 1. The van der Waals surface area contributed by atoms with E-state index in [4.69, 9.17) is 5.73 Å². The molecular formula is C8H13F2N3O. The van der Waals surface area contributed by atoms with Crippen molar-refractivity contribution in [3.05, 3.63) is 11.9 Å². The minimum Gasteiger partial charge on any atom is -0.396 e. The van der Waals surface area contributed by atoms with Gasteiger partial charge in [0.25, 0.3) is 0 Å². The van der Waals surface area contributed by atoms with E-state index in [2.05, 4.69) is 9.84 Å². The van der Waals surface area contributed by atoms with Crippen LogP contribution in [0.4, 0.5) is 14.5 Å². The van der Waals surface area contributed by atoms with Gasteiger partial charge in [0, 0.05) is 6.20 Å². The van der Waals surface area contributed by atoms with Crippen LogP contribution in [0.25, 0.3) is 0 Å². The first-order valence-corrected chi connectivity index (χ1v) is 4.21. The van der Waals surface area contributed by atoms with Crippen LogP contribution in [0.1, 0.15) is 18.7 Å². The largest absolute Gasteiger partial charge is 0.396 e. The van der Waals surface area contributed by atoms with Crippen molar-refractivity contribution in [1.82, 2.24) is 9.78 Å². The lowest BCUT2D eigenvalue weighted by molar-refractivity contribution is -0.136. The fourth-order valence-electron chi connectivity index (χ4n) is 1.01. The van der Waals surface area contributed by atoms with Crippen LogP contribution in [-0.2, 0) is 4.74 Å². The molecule has 80 valence electrons. The fraction of sp³-hybridized carbons (Fsp3) is 0.625. The van der Waals surface area contributed by atoms with Crippen LogP contribution in [0.2, 0.25) is 0 Å². The highest BCUT2D eigenvalue weighted by atomic mass is 19.3. The number of aromatic nitrogens is 2. The molecule has 2 N–H and O–H groups in total. The number of anilines is 1. The molecule has 1 atom stereocenters. The van der Waals surface area contributed by atoms with Crippen LogP contribution in [0, 0.1) is 6.92 Å². The molecule has 0 fully saturated rings. The molecule has 0 saturated heterocycles. The Morgan fingerprint density at radius 1 is 1.64 bits per heavy atom. The van der Waals surface area contributed by atoms with Gasteiger partial charge in [-0.15, -0.1) is 0 Å². The first-order chi connectivity index (χ1) is 6.50. The smallest absolute Gasteiger partial charge is 0.345 e. The molecule has 6 heteroatoms. The second-order valence-corrected chi connectivity index (χ2v) is 3.09. The SMILES string of the molecule is Cc1nn(C(C)COC(F)F)cc1N. The number of rotatable bonds is 4. The lowest BCUT2D eigenvalue weighted by atomic mass is 10.4. The lowest BCUT2D eigenvalue weighted by Crippen LogP contribution is -2.14. The van der Waals surface area contributed by atoms with E-state index in [0.29, 0.717) is 11.4 Å². The molecule has 1 unspecified atom stereocenters. The molecule has 0 aliphatic heterocycles. The Labute approximate surface area is 80.6 Å². The standard InChI is InChI=1S/C8H13F2N3O/c1-5(4-14-8(9)10)13-3-7(11)6(2)12-13/h3,5,8H,4,11H2,1-2H3. The van der Waals surface area contributed by atoms with Crippen LogP contribution in [-0.4, -0.2) is 23.0 Å². The van der Waals surface area contributed by atoms with E-state index in [9.17, 15) is 8.78 Å². The molecule has 1 aromatic rings. The quantitative estimate of drug-likeness (QED) is 0.811. The summed E-state index contributed by atoms with van der Waals surface area (Å²) in [6.07, 6.45) is 1.61. The molecule has 0 saturated carbocycles. The summed E-state index contributed by atoms with van der Waals surface area (Å²) in [4.78, 5) is 0. The Bertz CT molecular complexity index is 281. The third-order valence-electron chi connectivity index (χ3n) is 1.87. The number of aryl methyl sites for hydroxylation is 1. The van der Waals surface area contributed by atoms with Crippen molar-refractivity contribution in [3.63, 3.8) is 0 Å². The highest BCUT2D eigenvalue weighted by molar-refractivity contribution is 5.39. The van der Waals surface area contributed by atoms with Crippen LogP contribution in [0.15, 0.2) is 6.20 Å². The van der Waals surface area contributed by atoms with Crippen molar-refractivity contribution in [2.24, 2.45) is 0 Å². The van der Waals surface area contributed by atoms with Crippen molar-refractivity contribution >= 4 is 5.69 Å². The van der Waals surface area contributed by atoms with Crippen molar-refractivity contribution in [2.45, 2.75) is 26.5 Å². The molecule has 0 aliphatic carbocycles. The van der Waals surface area contributed by atoms with Crippen LogP contribution < -0.4 is 5.73 Å². The van der Waals surface area contributed by atoms with Gasteiger partial charge in [-0.2, -0.15) is 13.9 Å². The summed E-state index contributed by atoms with van der Waals surface area (Å²) in [6.45, 7) is 0.658. The zero-order chi connectivity index (χ0) is 10.7. The average molecular weight is 205 g/mol. The van der Waals surface area contributed by atoms with Crippen molar-refractivity contribution < 1.29 is 13.5 Å². The van der Waals surface area contributed by atoms with Gasteiger partial charge in [0.1, 0.15) is 0 Å². The summed E-state index contributed by atoms with van der Waals surface area (Å²) in [7, 11) is 0. The Morgan fingerprint density at radius 3 is 2.71 bits per heavy atom. The van der Waals surface area contributed by atoms with Gasteiger partial charge in [-0.25, -0.2) is 0 Å². The van der Waals surface area contributed by atoms with Crippen LogP contribution >= 0.6 is 0 Å². The molecule has 14 heavy (non-hydrogen) atoms. The van der Waals surface area contributed by atoms with E-state index in [1.165, 1.54) is 4.68 Å². The third kappa shape index (κ3) is 2.66. The molecule has 0 amide bonds. The highest BCUT2D eigenvalue weighted by Gasteiger charge is 2.11. The number of halogens is 2. The van der Waals surface area contributed by atoms with E-state index in [0.717, 1.165) is 0 Å². The minimum absolute atomic E-state index is 0.0851. The fourth-order valence-corrected chi connectivity index (χ4v) is 1.01. The summed E-state index contributed by atoms with van der Waals surface area (Å²) in [5.41, 5.74) is 6.80. The first-order valence-electron chi connectivity index (χ1n) is 4.21. The van der Waals surface area contributed by atoms with Gasteiger partial charge < -0.3 is 10.5 Å². The van der Waals surface area contributed by atoms with Crippen LogP contribution in [0.5, 0.6) is 0 Å². The lowest BCUT2D eigenvalue weighted by Gasteiger charge is -2.11. The number of ether oxygens (including phenoxy) is 1. The summed E-state index contributed by atoms with van der Waals surface area (Å²) < 4.78 is 29.1. The Morgan fingerprint density at radius 2 is 2.29 bits per heavy atom. The van der Waals surface area contributed by atoms with E-state index in [-0.39, 0.29) is 12.6 Å². The molecule has 1 rings (SSSR count). The maximum atomic E-state index is 11.7. The predicted molar refractivity (Wildman–Crippen MR) is 48.0 cm³/mol. The Kier molecular flexibility index (Phi) is 3.40. The van der Waals surface area contributed by atoms with E-state index >= 15 is 0 Å². The van der Waals surface area contributed by atoms with Crippen molar-refractivity contribution in [1.29, 1.82) is 0 Å². The van der Waals surface area contributed by atoms with Gasteiger partial charge in [-0.05, 0) is 13.8 Å². The minimum atomic E-state index is -2.74. The number of nitrogens with two attached hydrogens (primary N) is 1. The molecule has 1 aromatic heterocycles. The molecule has 0 spiro atoms. The van der Waals surface area contributed by atoms with Gasteiger partial charge in [0.15, 0.2) is 0 Å². The third-order valence-corrected chi connectivity index (χ3v) is 1.87. The number of alkyl halides is 2. The van der Waals surface area contributed by atoms with Gasteiger partial charge >= 0.3 is 6.61 Å². The van der Waals surface area contributed by atoms with Gasteiger partial charge in [0.05, 0.1) is 24.0 Å². The van der Waals surface area contributed by atoms with Gasteiger partial charge in [-0.1, -0.05) is 0 Å². The molecule has 0 aromatic carbocycles. The monoisotopic (exact) mass is 205 g/mol. The first kappa shape index (κ1) is 10.9. The van der Waals surface area contributed by atoms with Crippen molar-refractivity contribution in [2.75, 3.05) is 12.3 Å². The molecule has 0 bridgehead atoms. The summed E-state index contributed by atoms with van der Waals surface area (Å²) in [5, 5.41) is 4.05. The molecular weight excluding hydrogens is 192 g/mol. The van der Waals surface area contributed by atoms with Crippen molar-refractivity contribution in [3.8, 4) is 0 Å². The second kappa shape index (κ2) is 4.36. The topological polar surface area (TPSA) is 53.1 Å². The molecule has 4 nitrogen and oxygen atoms in total. The second-order valence-electron chi connectivity index (χ2n) is 3.09. The maximum Gasteiger partial charge on any atom is 0.345 e. The van der Waals surface area contributed by atoms with Gasteiger partial charge in [-0.3, -0.25) is 4.68 Å². The number of nitrogen functional groups attached to an aromatic ring is 1. The zero-order valence-corrected chi connectivity index (χ0v) is 8.08. The summed E-state index contributed by atoms with van der Waals surface area (Å²) in [6, 6.07) is -0.250. The maximum absolute atomic E-state index is 11.7. The average Bonchev–Trinajstić information content (AvgIpc) is 2.43. The zero-order valence-electron chi connectivity index (χ0n) is 8.08. The number of nitrogens with zero attached hydrogens (tertiary/aromatic N) is 2. The summed E-state index contributed by atoms with van der Waals surface area (Å²) in [5.74, 6) is 0. The van der Waals surface area contributed by atoms with Gasteiger partial charge in [0.2, 0.25) is 0 Å². The predicted octanol–water partition coefficient (Wildman–Crippen LogP) is 1.57. The molecule has 1 heterocycles. The van der Waals surface area contributed by atoms with E-state index < -0.39 is 6.61 Å².